The van der Waals surface area contributed by atoms with E-state index >= 15 is 0 Å². The van der Waals surface area contributed by atoms with Gasteiger partial charge >= 0.3 is 0 Å². The van der Waals surface area contributed by atoms with E-state index in [0.29, 0.717) is 0 Å². The van der Waals surface area contributed by atoms with E-state index in [-0.39, 0.29) is 0 Å². The van der Waals surface area contributed by atoms with Gasteiger partial charge in [0.2, 0.25) is 0 Å². The SMILES string of the molecule is C/C=C\C=C(/C)c1nccn1-c1ccc(C)cc1Cl. The molecule has 0 saturated heterocycles. The molecule has 0 aliphatic carbocycles. The van der Waals surface area contributed by atoms with Gasteiger partial charge in [-0.05, 0) is 44.0 Å². The van der Waals surface area contributed by atoms with Crippen LogP contribution in [0.1, 0.15) is 25.2 Å². The van der Waals surface area contributed by atoms with Crippen LogP contribution in [0, 0.1) is 6.92 Å². The van der Waals surface area contributed by atoms with Crippen LogP contribution in [0.2, 0.25) is 5.02 Å². The molecule has 3 heteroatoms. The Morgan fingerprint density at radius 3 is 2.84 bits per heavy atom. The lowest BCUT2D eigenvalue weighted by Crippen LogP contribution is -1.99. The number of hydrogen-bond donors (Lipinski definition) is 0. The molecule has 0 N–H and O–H groups in total. The minimum Gasteiger partial charge on any atom is -0.299 e. The lowest BCUT2D eigenvalue weighted by atomic mass is 10.2. The van der Waals surface area contributed by atoms with E-state index in [1.807, 2.05) is 61.9 Å². The Balaban J connectivity index is 2.50. The monoisotopic (exact) mass is 272 g/mol. The summed E-state index contributed by atoms with van der Waals surface area (Å²) in [5.41, 5.74) is 3.20. The second kappa shape index (κ2) is 5.89. The van der Waals surface area contributed by atoms with Crippen LogP contribution in [-0.4, -0.2) is 9.55 Å². The number of aromatic nitrogens is 2. The molecule has 19 heavy (non-hydrogen) atoms. The predicted molar refractivity (Wildman–Crippen MR) is 81.8 cm³/mol. The molecule has 0 amide bonds. The van der Waals surface area contributed by atoms with Crippen molar-refractivity contribution in [3.8, 4) is 5.69 Å². The predicted octanol–water partition coefficient (Wildman–Crippen LogP) is 4.81. The molecular formula is C16H17ClN2. The fourth-order valence-electron chi connectivity index (χ4n) is 1.91. The first-order valence-corrected chi connectivity index (χ1v) is 6.61. The Labute approximate surface area is 119 Å². The van der Waals surface area contributed by atoms with Gasteiger partial charge in [0, 0.05) is 12.4 Å². The molecule has 1 aromatic heterocycles. The minimum atomic E-state index is 0.734. The van der Waals surface area contributed by atoms with Crippen LogP contribution in [0.4, 0.5) is 0 Å². The Kier molecular flexibility index (Phi) is 4.23. The summed E-state index contributed by atoms with van der Waals surface area (Å²) in [6.45, 7) is 6.07. The largest absolute Gasteiger partial charge is 0.299 e. The van der Waals surface area contributed by atoms with Crippen LogP contribution in [0.25, 0.3) is 11.3 Å². The van der Waals surface area contributed by atoms with Crippen molar-refractivity contribution in [2.24, 2.45) is 0 Å². The van der Waals surface area contributed by atoms with Crippen LogP contribution in [0.3, 0.4) is 0 Å². The second-order valence-corrected chi connectivity index (χ2v) is 4.86. The molecule has 0 atom stereocenters. The van der Waals surface area contributed by atoms with Gasteiger partial charge in [0.1, 0.15) is 5.82 Å². The summed E-state index contributed by atoms with van der Waals surface area (Å²) < 4.78 is 2.01. The Morgan fingerprint density at radius 2 is 2.16 bits per heavy atom. The maximum atomic E-state index is 6.32. The van der Waals surface area contributed by atoms with Gasteiger partial charge in [-0.25, -0.2) is 4.98 Å². The van der Waals surface area contributed by atoms with Crippen molar-refractivity contribution >= 4 is 17.2 Å². The van der Waals surface area contributed by atoms with Gasteiger partial charge in [-0.2, -0.15) is 0 Å². The number of imidazole rings is 1. The summed E-state index contributed by atoms with van der Waals surface area (Å²) in [5.74, 6) is 0.906. The highest BCUT2D eigenvalue weighted by Gasteiger charge is 2.09. The van der Waals surface area contributed by atoms with Gasteiger partial charge in [0.25, 0.3) is 0 Å². The molecule has 1 aromatic carbocycles. The van der Waals surface area contributed by atoms with Gasteiger partial charge in [0.05, 0.1) is 10.7 Å². The zero-order chi connectivity index (χ0) is 13.8. The fraction of sp³-hybridized carbons (Fsp3) is 0.188. The first-order valence-electron chi connectivity index (χ1n) is 6.23. The highest BCUT2D eigenvalue weighted by Crippen LogP contribution is 2.25. The van der Waals surface area contributed by atoms with Crippen LogP contribution in [0.5, 0.6) is 0 Å². The summed E-state index contributed by atoms with van der Waals surface area (Å²) in [6, 6.07) is 6.04. The third-order valence-corrected chi connectivity index (χ3v) is 3.20. The van der Waals surface area contributed by atoms with Crippen molar-refractivity contribution in [3.05, 3.63) is 65.2 Å². The fourth-order valence-corrected chi connectivity index (χ4v) is 2.24. The van der Waals surface area contributed by atoms with E-state index in [1.165, 1.54) is 0 Å². The van der Waals surface area contributed by atoms with E-state index in [0.717, 1.165) is 27.7 Å². The zero-order valence-electron chi connectivity index (χ0n) is 11.4. The molecule has 0 unspecified atom stereocenters. The van der Waals surface area contributed by atoms with E-state index in [2.05, 4.69) is 11.1 Å². The number of halogens is 1. The normalized spacial score (nSPS) is 12.3. The molecule has 0 bridgehead atoms. The van der Waals surface area contributed by atoms with Crippen LogP contribution in [0.15, 0.2) is 48.8 Å². The summed E-state index contributed by atoms with van der Waals surface area (Å²) in [5, 5.41) is 0.734. The van der Waals surface area contributed by atoms with E-state index in [9.17, 15) is 0 Å². The van der Waals surface area contributed by atoms with E-state index in [4.69, 9.17) is 11.6 Å². The molecule has 2 aromatic rings. The summed E-state index contributed by atoms with van der Waals surface area (Å²) >= 11 is 6.32. The first kappa shape index (κ1) is 13.6. The van der Waals surface area contributed by atoms with Gasteiger partial charge < -0.3 is 0 Å². The van der Waals surface area contributed by atoms with Gasteiger partial charge in [-0.1, -0.05) is 35.9 Å². The standard InChI is InChI=1S/C16H17ClN2/c1-4-5-6-13(3)16-18-9-10-19(16)15-8-7-12(2)11-14(15)17/h4-11H,1-3H3/b5-4-,13-6+. The highest BCUT2D eigenvalue weighted by molar-refractivity contribution is 6.32. The molecule has 0 aliphatic heterocycles. The van der Waals surface area contributed by atoms with Crippen molar-refractivity contribution in [2.45, 2.75) is 20.8 Å². The lowest BCUT2D eigenvalue weighted by Gasteiger charge is -2.10. The van der Waals surface area contributed by atoms with Crippen molar-refractivity contribution in [1.82, 2.24) is 9.55 Å². The molecule has 0 spiro atoms. The van der Waals surface area contributed by atoms with Crippen LogP contribution < -0.4 is 0 Å². The topological polar surface area (TPSA) is 17.8 Å². The van der Waals surface area contributed by atoms with Crippen LogP contribution >= 0.6 is 11.6 Å². The van der Waals surface area contributed by atoms with Gasteiger partial charge in [-0.15, -0.1) is 0 Å². The van der Waals surface area contributed by atoms with Crippen molar-refractivity contribution in [2.75, 3.05) is 0 Å². The molecule has 0 aliphatic rings. The molecule has 0 saturated carbocycles. The average Bonchev–Trinajstić information content (AvgIpc) is 2.85. The summed E-state index contributed by atoms with van der Waals surface area (Å²) in [6.07, 6.45) is 9.76. The van der Waals surface area contributed by atoms with E-state index < -0.39 is 0 Å². The smallest absolute Gasteiger partial charge is 0.140 e. The van der Waals surface area contributed by atoms with Crippen molar-refractivity contribution < 1.29 is 0 Å². The van der Waals surface area contributed by atoms with Crippen molar-refractivity contribution in [3.63, 3.8) is 0 Å². The average molecular weight is 273 g/mol. The maximum absolute atomic E-state index is 6.32. The number of aryl methyl sites for hydroxylation is 1. The number of nitrogens with zero attached hydrogens (tertiary/aromatic N) is 2. The molecule has 1 heterocycles. The molecule has 2 nitrogen and oxygen atoms in total. The lowest BCUT2D eigenvalue weighted by molar-refractivity contribution is 1.02. The number of allylic oxidation sites excluding steroid dienone is 4. The van der Waals surface area contributed by atoms with Crippen molar-refractivity contribution in [1.29, 1.82) is 0 Å². The second-order valence-electron chi connectivity index (χ2n) is 4.45. The number of rotatable bonds is 3. The summed E-state index contributed by atoms with van der Waals surface area (Å²) in [7, 11) is 0. The van der Waals surface area contributed by atoms with Crippen LogP contribution in [-0.2, 0) is 0 Å². The third-order valence-electron chi connectivity index (χ3n) is 2.89. The molecule has 0 radical (unpaired) electrons. The maximum Gasteiger partial charge on any atom is 0.140 e. The number of benzene rings is 1. The van der Waals surface area contributed by atoms with E-state index in [1.54, 1.807) is 6.20 Å². The Hall–Kier alpha value is -1.80. The Bertz CT molecular complexity index is 636. The van der Waals surface area contributed by atoms with Gasteiger partial charge in [0.15, 0.2) is 0 Å². The molecule has 2 rings (SSSR count). The molecular weight excluding hydrogens is 256 g/mol. The number of hydrogen-bond acceptors (Lipinski definition) is 1. The van der Waals surface area contributed by atoms with Gasteiger partial charge in [-0.3, -0.25) is 4.57 Å². The minimum absolute atomic E-state index is 0.734. The Morgan fingerprint density at radius 1 is 1.37 bits per heavy atom. The first-order chi connectivity index (χ1) is 9.13. The highest BCUT2D eigenvalue weighted by atomic mass is 35.5. The zero-order valence-corrected chi connectivity index (χ0v) is 12.1. The summed E-state index contributed by atoms with van der Waals surface area (Å²) in [4.78, 5) is 4.41. The molecule has 0 fully saturated rings. The third kappa shape index (κ3) is 2.96. The molecule has 98 valence electrons. The quantitative estimate of drug-likeness (QED) is 0.733.